The predicted molar refractivity (Wildman–Crippen MR) is 119 cm³/mol. The molecule has 0 atom stereocenters. The van der Waals surface area contributed by atoms with E-state index in [-0.39, 0.29) is 11.2 Å². The van der Waals surface area contributed by atoms with Gasteiger partial charge < -0.3 is 10.3 Å². The van der Waals surface area contributed by atoms with Crippen molar-refractivity contribution in [3.8, 4) is 11.1 Å². The van der Waals surface area contributed by atoms with Gasteiger partial charge in [-0.25, -0.2) is 0 Å². The van der Waals surface area contributed by atoms with Crippen LogP contribution in [0.2, 0.25) is 5.02 Å². The number of hydrogen-bond donors (Lipinski definition) is 2. The summed E-state index contributed by atoms with van der Waals surface area (Å²) in [7, 11) is 0. The van der Waals surface area contributed by atoms with Crippen molar-refractivity contribution in [3.05, 3.63) is 106 Å². The number of rotatable bonds is 4. The lowest BCUT2D eigenvalue weighted by Gasteiger charge is -2.13. The summed E-state index contributed by atoms with van der Waals surface area (Å²) in [5, 5.41) is 4.24. The highest BCUT2D eigenvalue weighted by molar-refractivity contribution is 6.30. The number of benzene rings is 3. The average molecular weight is 401 g/mol. The van der Waals surface area contributed by atoms with E-state index in [2.05, 4.69) is 10.3 Å². The van der Waals surface area contributed by atoms with Crippen LogP contribution in [-0.4, -0.2) is 10.9 Å². The predicted octanol–water partition coefficient (Wildman–Crippen LogP) is 5.50. The maximum Gasteiger partial charge on any atom is 0.272 e. The third-order valence-corrected chi connectivity index (χ3v) is 4.78. The SMILES string of the molecule is O=C(/C=C/c1ccc(Cl)cc1)Nc1c(-c2ccccc2)c2ccccc2[nH]c1=O. The van der Waals surface area contributed by atoms with E-state index in [0.29, 0.717) is 16.1 Å². The molecule has 142 valence electrons. The van der Waals surface area contributed by atoms with Gasteiger partial charge in [0.15, 0.2) is 0 Å². The number of hydrogen-bond acceptors (Lipinski definition) is 2. The number of halogens is 1. The van der Waals surface area contributed by atoms with E-state index in [0.717, 1.165) is 16.5 Å². The summed E-state index contributed by atoms with van der Waals surface area (Å²) in [5.41, 5.74) is 2.97. The lowest BCUT2D eigenvalue weighted by atomic mass is 9.99. The van der Waals surface area contributed by atoms with Crippen LogP contribution in [0.1, 0.15) is 5.56 Å². The van der Waals surface area contributed by atoms with Crippen LogP contribution in [0.25, 0.3) is 28.1 Å². The summed E-state index contributed by atoms with van der Waals surface area (Å²) in [5.74, 6) is -0.391. The van der Waals surface area contributed by atoms with Gasteiger partial charge >= 0.3 is 0 Å². The van der Waals surface area contributed by atoms with Crippen molar-refractivity contribution in [1.82, 2.24) is 4.98 Å². The number of aromatic amines is 1. The monoisotopic (exact) mass is 400 g/mol. The topological polar surface area (TPSA) is 62.0 Å². The van der Waals surface area contributed by atoms with Crippen molar-refractivity contribution in [2.45, 2.75) is 0 Å². The fraction of sp³-hybridized carbons (Fsp3) is 0. The Morgan fingerprint density at radius 2 is 1.59 bits per heavy atom. The third-order valence-electron chi connectivity index (χ3n) is 4.53. The van der Waals surface area contributed by atoms with Gasteiger partial charge in [0.2, 0.25) is 5.91 Å². The maximum atomic E-state index is 12.8. The second-order valence-corrected chi connectivity index (χ2v) is 6.93. The molecule has 0 aliphatic rings. The summed E-state index contributed by atoms with van der Waals surface area (Å²) >= 11 is 5.88. The highest BCUT2D eigenvalue weighted by atomic mass is 35.5. The Morgan fingerprint density at radius 3 is 2.34 bits per heavy atom. The molecule has 0 saturated carbocycles. The van der Waals surface area contributed by atoms with E-state index in [1.54, 1.807) is 18.2 Å². The van der Waals surface area contributed by atoms with Gasteiger partial charge in [-0.1, -0.05) is 72.3 Å². The lowest BCUT2D eigenvalue weighted by molar-refractivity contribution is -0.111. The number of anilines is 1. The highest BCUT2D eigenvalue weighted by Gasteiger charge is 2.15. The molecule has 2 N–H and O–H groups in total. The zero-order valence-electron chi connectivity index (χ0n) is 15.4. The number of nitrogens with one attached hydrogen (secondary N) is 2. The second kappa shape index (κ2) is 8.17. The fourth-order valence-electron chi connectivity index (χ4n) is 3.18. The molecule has 1 heterocycles. The van der Waals surface area contributed by atoms with Gasteiger partial charge in [-0.05, 0) is 35.4 Å². The van der Waals surface area contributed by atoms with Crippen LogP contribution in [0.5, 0.6) is 0 Å². The molecule has 0 saturated heterocycles. The van der Waals surface area contributed by atoms with Crippen molar-refractivity contribution < 1.29 is 4.79 Å². The Bertz CT molecular complexity index is 1260. The first-order valence-electron chi connectivity index (χ1n) is 9.07. The van der Waals surface area contributed by atoms with Crippen LogP contribution in [-0.2, 0) is 4.79 Å². The third kappa shape index (κ3) is 4.13. The molecule has 3 aromatic carbocycles. The van der Waals surface area contributed by atoms with E-state index in [1.165, 1.54) is 6.08 Å². The van der Waals surface area contributed by atoms with E-state index >= 15 is 0 Å². The van der Waals surface area contributed by atoms with Gasteiger partial charge in [0, 0.05) is 27.6 Å². The molecular formula is C24H17ClN2O2. The largest absolute Gasteiger partial charge is 0.320 e. The zero-order chi connectivity index (χ0) is 20.2. The van der Waals surface area contributed by atoms with Crippen LogP contribution in [0, 0.1) is 0 Å². The summed E-state index contributed by atoms with van der Waals surface area (Å²) in [4.78, 5) is 28.2. The molecule has 29 heavy (non-hydrogen) atoms. The van der Waals surface area contributed by atoms with Crippen LogP contribution < -0.4 is 10.9 Å². The summed E-state index contributed by atoms with van der Waals surface area (Å²) < 4.78 is 0. The number of fused-ring (bicyclic) bond motifs is 1. The summed E-state index contributed by atoms with van der Waals surface area (Å²) in [6.45, 7) is 0. The molecular weight excluding hydrogens is 384 g/mol. The Hall–Kier alpha value is -3.63. The minimum atomic E-state index is -0.391. The Morgan fingerprint density at radius 1 is 0.897 bits per heavy atom. The van der Waals surface area contributed by atoms with Crippen molar-refractivity contribution in [1.29, 1.82) is 0 Å². The molecule has 4 aromatic rings. The standard InChI is InChI=1S/C24H17ClN2O2/c25-18-13-10-16(11-14-18)12-15-21(28)27-23-22(17-6-2-1-3-7-17)19-8-4-5-9-20(19)26-24(23)29/h1-15H,(H,26,29)(H,27,28)/b15-12+. The van der Waals surface area contributed by atoms with Crippen molar-refractivity contribution in [3.63, 3.8) is 0 Å². The van der Waals surface area contributed by atoms with Crippen molar-refractivity contribution >= 4 is 40.2 Å². The van der Waals surface area contributed by atoms with E-state index in [9.17, 15) is 9.59 Å². The number of aromatic nitrogens is 1. The van der Waals surface area contributed by atoms with Crippen LogP contribution in [0.15, 0.2) is 89.7 Å². The number of carbonyl (C=O) groups excluding carboxylic acids is 1. The number of H-pyrrole nitrogens is 1. The van der Waals surface area contributed by atoms with Gasteiger partial charge in [0.1, 0.15) is 5.69 Å². The van der Waals surface area contributed by atoms with Gasteiger partial charge in [-0.3, -0.25) is 9.59 Å². The van der Waals surface area contributed by atoms with E-state index < -0.39 is 5.91 Å². The number of carbonyl (C=O) groups is 1. The Labute approximate surface area is 172 Å². The molecule has 1 aromatic heterocycles. The highest BCUT2D eigenvalue weighted by Crippen LogP contribution is 2.32. The summed E-state index contributed by atoms with van der Waals surface area (Å²) in [6, 6.07) is 24.2. The lowest BCUT2D eigenvalue weighted by Crippen LogP contribution is -2.19. The van der Waals surface area contributed by atoms with E-state index in [4.69, 9.17) is 11.6 Å². The molecule has 4 nitrogen and oxygen atoms in total. The molecule has 0 aliphatic heterocycles. The number of pyridine rings is 1. The molecule has 1 amide bonds. The number of para-hydroxylation sites is 1. The zero-order valence-corrected chi connectivity index (χ0v) is 16.1. The summed E-state index contributed by atoms with van der Waals surface area (Å²) in [6.07, 6.45) is 3.07. The first-order valence-corrected chi connectivity index (χ1v) is 9.45. The molecule has 5 heteroatoms. The number of amides is 1. The van der Waals surface area contributed by atoms with Crippen LogP contribution in [0.4, 0.5) is 5.69 Å². The second-order valence-electron chi connectivity index (χ2n) is 6.49. The average Bonchev–Trinajstić information content (AvgIpc) is 2.74. The van der Waals surface area contributed by atoms with Crippen LogP contribution in [0.3, 0.4) is 0 Å². The molecule has 0 spiro atoms. The van der Waals surface area contributed by atoms with Crippen molar-refractivity contribution in [2.75, 3.05) is 5.32 Å². The minimum Gasteiger partial charge on any atom is -0.320 e. The smallest absolute Gasteiger partial charge is 0.272 e. The van der Waals surface area contributed by atoms with Gasteiger partial charge in [0.25, 0.3) is 5.56 Å². The normalized spacial score (nSPS) is 11.1. The molecule has 0 radical (unpaired) electrons. The van der Waals surface area contributed by atoms with Crippen LogP contribution >= 0.6 is 11.6 Å². The Balaban J connectivity index is 1.75. The molecule has 0 bridgehead atoms. The molecule has 0 fully saturated rings. The minimum absolute atomic E-state index is 0.223. The quantitative estimate of drug-likeness (QED) is 0.444. The maximum absolute atomic E-state index is 12.8. The Kier molecular flexibility index (Phi) is 5.27. The van der Waals surface area contributed by atoms with E-state index in [1.807, 2.05) is 66.7 Å². The van der Waals surface area contributed by atoms with Gasteiger partial charge in [-0.2, -0.15) is 0 Å². The molecule has 0 aliphatic carbocycles. The first kappa shape index (κ1) is 18.7. The van der Waals surface area contributed by atoms with Crippen molar-refractivity contribution in [2.24, 2.45) is 0 Å². The molecule has 0 unspecified atom stereocenters. The van der Waals surface area contributed by atoms with Gasteiger partial charge in [0.05, 0.1) is 0 Å². The first-order chi connectivity index (χ1) is 14.1. The molecule has 4 rings (SSSR count). The fourth-order valence-corrected chi connectivity index (χ4v) is 3.30. The van der Waals surface area contributed by atoms with Gasteiger partial charge in [-0.15, -0.1) is 0 Å².